The molecule has 0 saturated carbocycles. The number of aliphatic hydroxyl groups excluding tert-OH is 1. The quantitative estimate of drug-likeness (QED) is 0.576. The maximum absolute atomic E-state index is 12.9. The third-order valence-electron chi connectivity index (χ3n) is 5.89. The highest BCUT2D eigenvalue weighted by molar-refractivity contribution is 6.05. The van der Waals surface area contributed by atoms with Crippen LogP contribution >= 0.6 is 0 Å². The highest BCUT2D eigenvalue weighted by Crippen LogP contribution is 2.30. The fraction of sp³-hybridized carbons (Fsp3) is 0.550. The molecule has 2 unspecified atom stereocenters. The van der Waals surface area contributed by atoms with E-state index in [0.717, 1.165) is 37.2 Å². The molecule has 8 heteroatoms. The Morgan fingerprint density at radius 1 is 1.21 bits per heavy atom. The monoisotopic (exact) mass is 386 g/mol. The molecule has 2 atom stereocenters. The highest BCUT2D eigenvalue weighted by Gasteiger charge is 2.39. The number of benzene rings is 1. The van der Waals surface area contributed by atoms with Crippen molar-refractivity contribution in [2.45, 2.75) is 44.4 Å². The Balaban J connectivity index is 1.46. The standard InChI is InChI=1S/C20H26N4O4/c25-9-7-21-14-6-8-23(11-14)10-13-2-1-3-15-16(13)12-24(20(15)28)17-4-5-18(26)22-19(17)27/h1-3,14,17,21,25H,4-12H2,(H,22,26,27). The van der Waals surface area contributed by atoms with Crippen molar-refractivity contribution in [2.24, 2.45) is 0 Å². The van der Waals surface area contributed by atoms with Gasteiger partial charge in [0.05, 0.1) is 6.61 Å². The average molecular weight is 386 g/mol. The minimum Gasteiger partial charge on any atom is -0.395 e. The maximum atomic E-state index is 12.9. The zero-order valence-corrected chi connectivity index (χ0v) is 15.8. The van der Waals surface area contributed by atoms with Crippen molar-refractivity contribution in [3.8, 4) is 0 Å². The van der Waals surface area contributed by atoms with Crippen LogP contribution in [0.5, 0.6) is 0 Å². The number of fused-ring (bicyclic) bond motifs is 1. The van der Waals surface area contributed by atoms with Gasteiger partial charge in [0.15, 0.2) is 0 Å². The lowest BCUT2D eigenvalue weighted by molar-refractivity contribution is -0.136. The normalized spacial score (nSPS) is 25.3. The predicted octanol–water partition coefficient (Wildman–Crippen LogP) is -0.396. The van der Waals surface area contributed by atoms with Gasteiger partial charge in [-0.2, -0.15) is 0 Å². The first-order chi connectivity index (χ1) is 13.6. The van der Waals surface area contributed by atoms with Crippen molar-refractivity contribution >= 4 is 17.7 Å². The molecule has 3 N–H and O–H groups in total. The molecular formula is C20H26N4O4. The van der Waals surface area contributed by atoms with Crippen molar-refractivity contribution in [3.05, 3.63) is 34.9 Å². The summed E-state index contributed by atoms with van der Waals surface area (Å²) in [5, 5.41) is 14.6. The second-order valence-electron chi connectivity index (χ2n) is 7.74. The first-order valence-electron chi connectivity index (χ1n) is 9.89. The second-order valence-corrected chi connectivity index (χ2v) is 7.74. The summed E-state index contributed by atoms with van der Waals surface area (Å²) in [7, 11) is 0. The SMILES string of the molecule is O=C1CCC(N2Cc3c(CN4CCC(NCCO)C4)cccc3C2=O)C(=O)N1. The molecule has 0 aliphatic carbocycles. The number of carbonyl (C=O) groups is 3. The van der Waals surface area contributed by atoms with Crippen molar-refractivity contribution in [1.82, 2.24) is 20.4 Å². The molecule has 1 aromatic carbocycles. The molecule has 0 radical (unpaired) electrons. The van der Waals surface area contributed by atoms with Gasteiger partial charge in [0.2, 0.25) is 11.8 Å². The van der Waals surface area contributed by atoms with E-state index in [2.05, 4.69) is 21.6 Å². The van der Waals surface area contributed by atoms with Crippen molar-refractivity contribution in [1.29, 1.82) is 0 Å². The summed E-state index contributed by atoms with van der Waals surface area (Å²) in [6.45, 7) is 3.80. The van der Waals surface area contributed by atoms with E-state index in [0.29, 0.717) is 31.1 Å². The van der Waals surface area contributed by atoms with Crippen LogP contribution in [0.4, 0.5) is 0 Å². The van der Waals surface area contributed by atoms with Crippen LogP contribution in [0, 0.1) is 0 Å². The third kappa shape index (κ3) is 3.67. The molecular weight excluding hydrogens is 360 g/mol. The molecule has 0 spiro atoms. The lowest BCUT2D eigenvalue weighted by atomic mass is 10.0. The van der Waals surface area contributed by atoms with E-state index in [1.54, 1.807) is 4.90 Å². The van der Waals surface area contributed by atoms with Crippen LogP contribution in [0.2, 0.25) is 0 Å². The molecule has 3 amide bonds. The van der Waals surface area contributed by atoms with Crippen LogP contribution < -0.4 is 10.6 Å². The molecule has 28 heavy (non-hydrogen) atoms. The van der Waals surface area contributed by atoms with Crippen LogP contribution in [-0.2, 0) is 22.7 Å². The van der Waals surface area contributed by atoms with Crippen LogP contribution in [0.15, 0.2) is 18.2 Å². The summed E-state index contributed by atoms with van der Waals surface area (Å²) < 4.78 is 0. The van der Waals surface area contributed by atoms with E-state index in [9.17, 15) is 14.4 Å². The van der Waals surface area contributed by atoms with E-state index >= 15 is 0 Å². The van der Waals surface area contributed by atoms with Gasteiger partial charge in [-0.3, -0.25) is 24.6 Å². The van der Waals surface area contributed by atoms with Crippen LogP contribution in [0.25, 0.3) is 0 Å². The minimum absolute atomic E-state index is 0.129. The van der Waals surface area contributed by atoms with Gasteiger partial charge in [-0.15, -0.1) is 0 Å². The number of piperidine rings is 1. The number of rotatable bonds is 6. The minimum atomic E-state index is -0.579. The summed E-state index contributed by atoms with van der Waals surface area (Å²) in [6.07, 6.45) is 1.68. The Morgan fingerprint density at radius 3 is 2.86 bits per heavy atom. The van der Waals surface area contributed by atoms with Crippen LogP contribution in [0.3, 0.4) is 0 Å². The molecule has 3 aliphatic rings. The fourth-order valence-corrected chi connectivity index (χ4v) is 4.45. The Bertz CT molecular complexity index is 796. The topological polar surface area (TPSA) is 102 Å². The average Bonchev–Trinajstić information content (AvgIpc) is 3.26. The predicted molar refractivity (Wildman–Crippen MR) is 101 cm³/mol. The first kappa shape index (κ1) is 19.0. The third-order valence-corrected chi connectivity index (χ3v) is 5.89. The number of aliphatic hydroxyl groups is 1. The maximum Gasteiger partial charge on any atom is 0.255 e. The van der Waals surface area contributed by atoms with E-state index in [1.807, 2.05) is 12.1 Å². The number of imide groups is 1. The number of likely N-dealkylation sites (tertiary alicyclic amines) is 1. The molecule has 0 aromatic heterocycles. The Labute approximate surface area is 163 Å². The van der Waals surface area contributed by atoms with Gasteiger partial charge in [-0.1, -0.05) is 12.1 Å². The van der Waals surface area contributed by atoms with Crippen molar-refractivity contribution in [2.75, 3.05) is 26.2 Å². The zero-order chi connectivity index (χ0) is 19.7. The van der Waals surface area contributed by atoms with Gasteiger partial charge >= 0.3 is 0 Å². The first-order valence-corrected chi connectivity index (χ1v) is 9.89. The molecule has 0 bridgehead atoms. The zero-order valence-electron chi connectivity index (χ0n) is 15.8. The van der Waals surface area contributed by atoms with Crippen molar-refractivity contribution in [3.63, 3.8) is 0 Å². The van der Waals surface area contributed by atoms with Gasteiger partial charge in [0, 0.05) is 50.7 Å². The van der Waals surface area contributed by atoms with E-state index in [4.69, 9.17) is 5.11 Å². The number of amides is 3. The van der Waals surface area contributed by atoms with Gasteiger partial charge in [0.1, 0.15) is 6.04 Å². The van der Waals surface area contributed by atoms with E-state index < -0.39 is 6.04 Å². The number of carbonyl (C=O) groups excluding carboxylic acids is 3. The molecule has 8 nitrogen and oxygen atoms in total. The van der Waals surface area contributed by atoms with Crippen LogP contribution in [-0.4, -0.2) is 71.0 Å². The fourth-order valence-electron chi connectivity index (χ4n) is 4.45. The van der Waals surface area contributed by atoms with Gasteiger partial charge in [0.25, 0.3) is 5.91 Å². The molecule has 2 saturated heterocycles. The largest absolute Gasteiger partial charge is 0.395 e. The number of nitrogens with one attached hydrogen (secondary N) is 2. The number of nitrogens with zero attached hydrogens (tertiary/aromatic N) is 2. The Hall–Kier alpha value is -2.29. The molecule has 4 rings (SSSR count). The van der Waals surface area contributed by atoms with Gasteiger partial charge < -0.3 is 15.3 Å². The lowest BCUT2D eigenvalue weighted by Gasteiger charge is -2.29. The highest BCUT2D eigenvalue weighted by atomic mass is 16.3. The smallest absolute Gasteiger partial charge is 0.255 e. The summed E-state index contributed by atoms with van der Waals surface area (Å²) in [4.78, 5) is 40.5. The molecule has 3 heterocycles. The van der Waals surface area contributed by atoms with Crippen LogP contribution in [0.1, 0.15) is 40.7 Å². The number of hydrogen-bond acceptors (Lipinski definition) is 6. The van der Waals surface area contributed by atoms with E-state index in [1.165, 1.54) is 0 Å². The summed E-state index contributed by atoms with van der Waals surface area (Å²) in [5.41, 5.74) is 2.77. The molecule has 150 valence electrons. The molecule has 3 aliphatic heterocycles. The Kier molecular flexibility index (Phi) is 5.43. The molecule has 2 fully saturated rings. The molecule has 1 aromatic rings. The van der Waals surface area contributed by atoms with Gasteiger partial charge in [-0.25, -0.2) is 0 Å². The second kappa shape index (κ2) is 7.98. The number of hydrogen-bond donors (Lipinski definition) is 3. The summed E-state index contributed by atoms with van der Waals surface area (Å²) >= 11 is 0. The van der Waals surface area contributed by atoms with Gasteiger partial charge in [-0.05, 0) is 30.0 Å². The van der Waals surface area contributed by atoms with E-state index in [-0.39, 0.29) is 30.7 Å². The Morgan fingerprint density at radius 2 is 2.07 bits per heavy atom. The van der Waals surface area contributed by atoms with Crippen molar-refractivity contribution < 1.29 is 19.5 Å². The summed E-state index contributed by atoms with van der Waals surface area (Å²) in [5.74, 6) is -0.781. The lowest BCUT2D eigenvalue weighted by Crippen LogP contribution is -2.52. The summed E-state index contributed by atoms with van der Waals surface area (Å²) in [6, 6.07) is 5.57.